The maximum absolute atomic E-state index is 13.1. The van der Waals surface area contributed by atoms with E-state index in [1.54, 1.807) is 24.3 Å². The van der Waals surface area contributed by atoms with Crippen LogP contribution in [0.4, 0.5) is 13.2 Å². The van der Waals surface area contributed by atoms with Crippen molar-refractivity contribution in [1.29, 1.82) is 0 Å². The second-order valence-corrected chi connectivity index (χ2v) is 11.4. The third-order valence-electron chi connectivity index (χ3n) is 5.34. The Bertz CT molecular complexity index is 1150. The zero-order valence-electron chi connectivity index (χ0n) is 17.9. The van der Waals surface area contributed by atoms with Gasteiger partial charge in [0, 0.05) is 19.1 Å². The second-order valence-electron chi connectivity index (χ2n) is 7.78. The van der Waals surface area contributed by atoms with Gasteiger partial charge in [-0.15, -0.1) is 13.2 Å². The molecule has 1 heterocycles. The normalized spacial score (nSPS) is 18.2. The summed E-state index contributed by atoms with van der Waals surface area (Å²) in [7, 11) is -7.70. The molecular formula is C21H25F3N2O5S2. The van der Waals surface area contributed by atoms with E-state index in [-0.39, 0.29) is 28.8 Å². The third kappa shape index (κ3) is 6.69. The minimum atomic E-state index is -4.87. The summed E-state index contributed by atoms with van der Waals surface area (Å²) in [5, 5.41) is 0. The van der Waals surface area contributed by atoms with E-state index in [0.29, 0.717) is 13.0 Å². The molecule has 7 nitrogen and oxygen atoms in total. The number of hydrogen-bond donors (Lipinski definition) is 1. The zero-order valence-corrected chi connectivity index (χ0v) is 19.5. The van der Waals surface area contributed by atoms with Gasteiger partial charge in [-0.25, -0.2) is 21.6 Å². The second kappa shape index (κ2) is 10.00. The zero-order chi connectivity index (χ0) is 24.3. The molecule has 1 aliphatic rings. The van der Waals surface area contributed by atoms with E-state index in [4.69, 9.17) is 0 Å². The van der Waals surface area contributed by atoms with Gasteiger partial charge in [-0.05, 0) is 62.6 Å². The van der Waals surface area contributed by atoms with Gasteiger partial charge in [0.1, 0.15) is 5.75 Å². The molecule has 2 aromatic carbocycles. The summed E-state index contributed by atoms with van der Waals surface area (Å²) in [4.78, 5) is -0.0217. The predicted molar refractivity (Wildman–Crippen MR) is 116 cm³/mol. The highest BCUT2D eigenvalue weighted by Gasteiger charge is 2.34. The first-order valence-electron chi connectivity index (χ1n) is 10.3. The summed E-state index contributed by atoms with van der Waals surface area (Å²) >= 11 is 0. The number of nitrogens with zero attached hydrogens (tertiary/aromatic N) is 1. The van der Waals surface area contributed by atoms with Crippen molar-refractivity contribution < 1.29 is 34.7 Å². The minimum absolute atomic E-state index is 0.0201. The molecule has 2 aromatic rings. The largest absolute Gasteiger partial charge is 0.573 e. The summed E-state index contributed by atoms with van der Waals surface area (Å²) in [6, 6.07) is 10.1. The van der Waals surface area contributed by atoms with Gasteiger partial charge in [0.05, 0.1) is 9.79 Å². The van der Waals surface area contributed by atoms with Crippen LogP contribution in [-0.4, -0.2) is 46.6 Å². The molecular weight excluding hydrogens is 481 g/mol. The lowest BCUT2D eigenvalue weighted by Crippen LogP contribution is -2.45. The van der Waals surface area contributed by atoms with Crippen LogP contribution in [0, 0.1) is 6.92 Å². The lowest BCUT2D eigenvalue weighted by atomic mass is 10.0. The molecule has 1 unspecified atom stereocenters. The molecule has 1 aliphatic heterocycles. The molecule has 1 atom stereocenters. The van der Waals surface area contributed by atoms with Crippen LogP contribution in [0.15, 0.2) is 58.3 Å². The van der Waals surface area contributed by atoms with E-state index in [2.05, 4.69) is 9.46 Å². The van der Waals surface area contributed by atoms with Gasteiger partial charge in [0.15, 0.2) is 0 Å². The first kappa shape index (κ1) is 25.5. The molecule has 0 saturated carbocycles. The Morgan fingerprint density at radius 3 is 2.18 bits per heavy atom. The lowest BCUT2D eigenvalue weighted by Gasteiger charge is -2.34. The predicted octanol–water partition coefficient (Wildman–Crippen LogP) is 3.81. The van der Waals surface area contributed by atoms with Crippen molar-refractivity contribution in [2.75, 3.05) is 13.1 Å². The van der Waals surface area contributed by atoms with Crippen LogP contribution in [0.1, 0.15) is 31.2 Å². The molecule has 1 saturated heterocycles. The first-order chi connectivity index (χ1) is 15.4. The fraction of sp³-hybridized carbons (Fsp3) is 0.429. The molecule has 0 bridgehead atoms. The van der Waals surface area contributed by atoms with E-state index >= 15 is 0 Å². The van der Waals surface area contributed by atoms with Crippen LogP contribution in [-0.2, 0) is 20.0 Å². The average Bonchev–Trinajstić information content (AvgIpc) is 2.73. The number of sulfonamides is 2. The minimum Gasteiger partial charge on any atom is -0.406 e. The van der Waals surface area contributed by atoms with Crippen molar-refractivity contribution in [3.63, 3.8) is 0 Å². The molecule has 0 aromatic heterocycles. The van der Waals surface area contributed by atoms with Gasteiger partial charge in [-0.1, -0.05) is 24.1 Å². The number of piperidine rings is 1. The Morgan fingerprint density at radius 1 is 0.970 bits per heavy atom. The van der Waals surface area contributed by atoms with E-state index in [1.807, 2.05) is 6.92 Å². The maximum Gasteiger partial charge on any atom is 0.573 e. The van der Waals surface area contributed by atoms with Gasteiger partial charge >= 0.3 is 6.36 Å². The third-order valence-corrected chi connectivity index (χ3v) is 8.78. The lowest BCUT2D eigenvalue weighted by molar-refractivity contribution is -0.274. The quantitative estimate of drug-likeness (QED) is 0.588. The van der Waals surface area contributed by atoms with Crippen molar-refractivity contribution in [2.24, 2.45) is 0 Å². The van der Waals surface area contributed by atoms with Crippen molar-refractivity contribution >= 4 is 20.0 Å². The topological polar surface area (TPSA) is 92.8 Å². The highest BCUT2D eigenvalue weighted by Crippen LogP contribution is 2.28. The molecule has 1 N–H and O–H groups in total. The average molecular weight is 507 g/mol. The van der Waals surface area contributed by atoms with E-state index < -0.39 is 32.2 Å². The van der Waals surface area contributed by atoms with E-state index in [1.165, 1.54) is 4.31 Å². The van der Waals surface area contributed by atoms with Crippen LogP contribution in [0.5, 0.6) is 5.75 Å². The molecule has 0 radical (unpaired) electrons. The molecule has 12 heteroatoms. The molecule has 0 aliphatic carbocycles. The Morgan fingerprint density at radius 2 is 1.58 bits per heavy atom. The Hall–Kier alpha value is -2.15. The van der Waals surface area contributed by atoms with Crippen molar-refractivity contribution in [3.8, 4) is 5.75 Å². The molecule has 0 amide bonds. The number of rotatable bonds is 8. The van der Waals surface area contributed by atoms with Crippen LogP contribution in [0.2, 0.25) is 0 Å². The van der Waals surface area contributed by atoms with Crippen LogP contribution in [0.3, 0.4) is 0 Å². The van der Waals surface area contributed by atoms with Gasteiger partial charge in [0.25, 0.3) is 0 Å². The Balaban J connectivity index is 1.64. The number of halogens is 3. The summed E-state index contributed by atoms with van der Waals surface area (Å²) in [6.07, 6.45) is -2.45. The van der Waals surface area contributed by atoms with Crippen LogP contribution >= 0.6 is 0 Å². The summed E-state index contributed by atoms with van der Waals surface area (Å²) in [5.74, 6) is -0.527. The van der Waals surface area contributed by atoms with Crippen LogP contribution < -0.4 is 9.46 Å². The fourth-order valence-electron chi connectivity index (χ4n) is 3.69. The maximum atomic E-state index is 13.1. The molecule has 182 valence electrons. The summed E-state index contributed by atoms with van der Waals surface area (Å²) < 4.78 is 95.6. The number of benzene rings is 2. The molecule has 3 rings (SSSR count). The summed E-state index contributed by atoms with van der Waals surface area (Å²) in [5.41, 5.74) is 0.941. The highest BCUT2D eigenvalue weighted by molar-refractivity contribution is 7.89. The first-order valence-corrected chi connectivity index (χ1v) is 13.2. The van der Waals surface area contributed by atoms with E-state index in [9.17, 15) is 30.0 Å². The smallest absolute Gasteiger partial charge is 0.406 e. The van der Waals surface area contributed by atoms with Gasteiger partial charge in [0.2, 0.25) is 20.0 Å². The van der Waals surface area contributed by atoms with Gasteiger partial charge < -0.3 is 4.74 Å². The number of hydrogen-bond acceptors (Lipinski definition) is 5. The van der Waals surface area contributed by atoms with Gasteiger partial charge in [-0.2, -0.15) is 4.31 Å². The SMILES string of the molecule is Cc1ccc(S(=O)(=O)N2CCCCC2CCNS(=O)(=O)c2ccc(OC(F)(F)F)cc2)cc1. The number of nitrogens with one attached hydrogen (secondary N) is 1. The molecule has 1 fully saturated rings. The highest BCUT2D eigenvalue weighted by atomic mass is 32.2. The fourth-order valence-corrected chi connectivity index (χ4v) is 6.46. The standard InChI is InChI=1S/C21H25F3N2O5S2/c1-16-5-9-20(10-6-16)33(29,30)26-15-3-2-4-17(26)13-14-25-32(27,28)19-11-7-18(8-12-19)31-21(22,23)24/h5-12,17,25H,2-4,13-15H2,1H3. The van der Waals surface area contributed by atoms with Crippen molar-refractivity contribution in [1.82, 2.24) is 9.03 Å². The number of aryl methyl sites for hydroxylation is 1. The van der Waals surface area contributed by atoms with Crippen LogP contribution in [0.25, 0.3) is 0 Å². The van der Waals surface area contributed by atoms with Crippen molar-refractivity contribution in [3.05, 3.63) is 54.1 Å². The number of ether oxygens (including phenoxy) is 1. The van der Waals surface area contributed by atoms with Crippen molar-refractivity contribution in [2.45, 2.75) is 54.8 Å². The van der Waals surface area contributed by atoms with E-state index in [0.717, 1.165) is 42.7 Å². The Labute approximate surface area is 191 Å². The number of alkyl halides is 3. The summed E-state index contributed by atoms with van der Waals surface area (Å²) in [6.45, 7) is 2.20. The molecule has 0 spiro atoms. The van der Waals surface area contributed by atoms with Gasteiger partial charge in [-0.3, -0.25) is 0 Å². The monoisotopic (exact) mass is 506 g/mol. The Kier molecular flexibility index (Phi) is 7.72. The molecule has 33 heavy (non-hydrogen) atoms.